The lowest BCUT2D eigenvalue weighted by Crippen LogP contribution is -2.39. The Labute approximate surface area is 125 Å². The molecular weight excluding hydrogens is 290 g/mol. The molecule has 7 heteroatoms. The highest BCUT2D eigenvalue weighted by atomic mass is 16.4. The summed E-state index contributed by atoms with van der Waals surface area (Å²) in [5, 5.41) is 21.0. The molecule has 116 valence electrons. The van der Waals surface area contributed by atoms with E-state index in [1.165, 1.54) is 19.1 Å². The maximum absolute atomic E-state index is 12.0. The maximum Gasteiger partial charge on any atom is 0.340 e. The summed E-state index contributed by atoms with van der Waals surface area (Å²) < 4.78 is 5.10. The number of carboxylic acids is 1. The van der Waals surface area contributed by atoms with Gasteiger partial charge in [-0.1, -0.05) is 0 Å². The van der Waals surface area contributed by atoms with Crippen LogP contribution in [0.4, 0.5) is 0 Å². The largest absolute Gasteiger partial charge is 0.508 e. The van der Waals surface area contributed by atoms with Crippen LogP contribution in [0.25, 0.3) is 11.0 Å². The third-order valence-corrected chi connectivity index (χ3v) is 3.36. The molecule has 1 aromatic carbocycles. The molecule has 1 amide bonds. The van der Waals surface area contributed by atoms with Crippen molar-refractivity contribution in [1.29, 1.82) is 0 Å². The summed E-state index contributed by atoms with van der Waals surface area (Å²) in [5.74, 6) is -1.77. The Morgan fingerprint density at radius 1 is 1.36 bits per heavy atom. The number of phenols is 1. The molecule has 1 atom stereocenters. The number of aliphatic carboxylic acids is 1. The van der Waals surface area contributed by atoms with Crippen molar-refractivity contribution in [3.63, 3.8) is 0 Å². The molecule has 0 bridgehead atoms. The van der Waals surface area contributed by atoms with Gasteiger partial charge in [-0.3, -0.25) is 9.59 Å². The van der Waals surface area contributed by atoms with Crippen LogP contribution in [-0.4, -0.2) is 28.1 Å². The first kappa shape index (κ1) is 15.6. The van der Waals surface area contributed by atoms with E-state index in [9.17, 15) is 19.5 Å². The number of phenolic OH excluding ortho intramolecular Hbond substituents is 1. The topological polar surface area (TPSA) is 117 Å². The Balaban J connectivity index is 2.36. The Morgan fingerprint density at radius 3 is 2.68 bits per heavy atom. The van der Waals surface area contributed by atoms with Crippen molar-refractivity contribution < 1.29 is 24.2 Å². The molecule has 1 heterocycles. The van der Waals surface area contributed by atoms with Crippen molar-refractivity contribution in [3.8, 4) is 5.75 Å². The fourth-order valence-corrected chi connectivity index (χ4v) is 2.10. The lowest BCUT2D eigenvalue weighted by atomic mass is 10.0. The number of benzene rings is 1. The number of carbonyl (C=O) groups excluding carboxylic acids is 1. The number of aryl methyl sites for hydroxylation is 1. The second-order valence-electron chi connectivity index (χ2n) is 4.98. The van der Waals surface area contributed by atoms with Gasteiger partial charge < -0.3 is 19.9 Å². The molecule has 7 nitrogen and oxygen atoms in total. The van der Waals surface area contributed by atoms with Crippen LogP contribution in [0.2, 0.25) is 0 Å². The van der Waals surface area contributed by atoms with Crippen molar-refractivity contribution >= 4 is 22.8 Å². The van der Waals surface area contributed by atoms with E-state index >= 15 is 0 Å². The number of carbonyl (C=O) groups is 2. The zero-order valence-electron chi connectivity index (χ0n) is 12.0. The van der Waals surface area contributed by atoms with Crippen molar-refractivity contribution in [2.45, 2.75) is 26.3 Å². The number of hydrogen-bond donors (Lipinski definition) is 3. The summed E-state index contributed by atoms with van der Waals surface area (Å²) in [5.41, 5.74) is 0.261. The highest BCUT2D eigenvalue weighted by molar-refractivity contribution is 5.87. The Bertz CT molecular complexity index is 808. The summed E-state index contributed by atoms with van der Waals surface area (Å²) in [6.45, 7) is 3.00. The molecule has 0 fully saturated rings. The van der Waals surface area contributed by atoms with Gasteiger partial charge in [-0.05, 0) is 31.5 Å². The van der Waals surface area contributed by atoms with E-state index in [2.05, 4.69) is 5.32 Å². The summed E-state index contributed by atoms with van der Waals surface area (Å²) >= 11 is 0. The Hall–Kier alpha value is -2.83. The molecule has 0 aliphatic rings. The van der Waals surface area contributed by atoms with Gasteiger partial charge in [-0.25, -0.2) is 4.79 Å². The first-order chi connectivity index (χ1) is 10.3. The van der Waals surface area contributed by atoms with Gasteiger partial charge >= 0.3 is 11.6 Å². The van der Waals surface area contributed by atoms with Gasteiger partial charge in [0.25, 0.3) is 0 Å². The van der Waals surface area contributed by atoms with Crippen LogP contribution in [0.15, 0.2) is 27.4 Å². The van der Waals surface area contributed by atoms with Crippen LogP contribution in [0, 0.1) is 6.92 Å². The predicted molar refractivity (Wildman–Crippen MR) is 77.8 cm³/mol. The third-order valence-electron chi connectivity index (χ3n) is 3.36. The van der Waals surface area contributed by atoms with Gasteiger partial charge in [-0.2, -0.15) is 0 Å². The van der Waals surface area contributed by atoms with Crippen molar-refractivity contribution in [3.05, 3.63) is 39.7 Å². The predicted octanol–water partition coefficient (Wildman–Crippen LogP) is 0.939. The van der Waals surface area contributed by atoms with Crippen LogP contribution in [0.5, 0.6) is 5.75 Å². The molecule has 0 unspecified atom stereocenters. The van der Waals surface area contributed by atoms with Crippen LogP contribution in [-0.2, 0) is 16.0 Å². The molecule has 2 rings (SSSR count). The van der Waals surface area contributed by atoms with Crippen molar-refractivity contribution in [1.82, 2.24) is 5.32 Å². The summed E-state index contributed by atoms with van der Waals surface area (Å²) in [7, 11) is 0. The number of aromatic hydroxyl groups is 1. The lowest BCUT2D eigenvalue weighted by molar-refractivity contribution is -0.141. The first-order valence-corrected chi connectivity index (χ1v) is 6.57. The monoisotopic (exact) mass is 305 g/mol. The minimum Gasteiger partial charge on any atom is -0.508 e. The molecule has 0 saturated carbocycles. The lowest BCUT2D eigenvalue weighted by Gasteiger charge is -2.11. The van der Waals surface area contributed by atoms with E-state index in [0.29, 0.717) is 10.9 Å². The average Bonchev–Trinajstić information content (AvgIpc) is 2.42. The quantitative estimate of drug-likeness (QED) is 0.724. The molecule has 0 aliphatic carbocycles. The maximum atomic E-state index is 12.0. The average molecular weight is 305 g/mol. The van der Waals surface area contributed by atoms with Gasteiger partial charge in [0.15, 0.2) is 0 Å². The minimum absolute atomic E-state index is 0.0316. The smallest absolute Gasteiger partial charge is 0.340 e. The third kappa shape index (κ3) is 3.08. The molecule has 0 aliphatic heterocycles. The van der Waals surface area contributed by atoms with E-state index < -0.39 is 23.5 Å². The number of nitrogens with one attached hydrogen (secondary N) is 1. The zero-order valence-corrected chi connectivity index (χ0v) is 12.0. The van der Waals surface area contributed by atoms with Gasteiger partial charge in [0.1, 0.15) is 17.4 Å². The highest BCUT2D eigenvalue weighted by Gasteiger charge is 2.18. The van der Waals surface area contributed by atoms with E-state index in [-0.39, 0.29) is 23.3 Å². The fraction of sp³-hybridized carbons (Fsp3) is 0.267. The Kier molecular flexibility index (Phi) is 4.16. The molecule has 22 heavy (non-hydrogen) atoms. The summed E-state index contributed by atoms with van der Waals surface area (Å²) in [6, 6.07) is 3.31. The molecule has 0 spiro atoms. The standard InChI is InChI=1S/C15H15NO6/c1-7-10-4-3-9(17)5-12(10)22-15(21)11(7)6-13(18)16-8(2)14(19)20/h3-5,8,17H,6H2,1-2H3,(H,16,18)(H,19,20)/t8-/m0/s1. The van der Waals surface area contributed by atoms with Gasteiger partial charge in [0.05, 0.1) is 12.0 Å². The molecule has 1 aromatic heterocycles. The number of amides is 1. The normalized spacial score (nSPS) is 12.1. The van der Waals surface area contributed by atoms with Crippen LogP contribution < -0.4 is 10.9 Å². The molecule has 0 saturated heterocycles. The van der Waals surface area contributed by atoms with E-state index in [1.807, 2.05) is 0 Å². The second-order valence-corrected chi connectivity index (χ2v) is 4.98. The zero-order chi connectivity index (χ0) is 16.4. The van der Waals surface area contributed by atoms with E-state index in [4.69, 9.17) is 9.52 Å². The van der Waals surface area contributed by atoms with Crippen LogP contribution in [0.3, 0.4) is 0 Å². The summed E-state index contributed by atoms with van der Waals surface area (Å²) in [6.07, 6.45) is -0.275. The minimum atomic E-state index is -1.16. The number of rotatable bonds is 4. The van der Waals surface area contributed by atoms with Crippen molar-refractivity contribution in [2.24, 2.45) is 0 Å². The van der Waals surface area contributed by atoms with Gasteiger partial charge in [-0.15, -0.1) is 0 Å². The highest BCUT2D eigenvalue weighted by Crippen LogP contribution is 2.23. The second kappa shape index (κ2) is 5.88. The molecule has 0 radical (unpaired) electrons. The molecule has 2 aromatic rings. The molecule has 3 N–H and O–H groups in total. The summed E-state index contributed by atoms with van der Waals surface area (Å²) in [4.78, 5) is 34.5. The van der Waals surface area contributed by atoms with E-state index in [1.54, 1.807) is 13.0 Å². The first-order valence-electron chi connectivity index (χ1n) is 6.57. The van der Waals surface area contributed by atoms with Gasteiger partial charge in [0, 0.05) is 11.5 Å². The van der Waals surface area contributed by atoms with Gasteiger partial charge in [0.2, 0.25) is 5.91 Å². The van der Waals surface area contributed by atoms with Crippen molar-refractivity contribution in [2.75, 3.05) is 0 Å². The number of fused-ring (bicyclic) bond motifs is 1. The molecular formula is C15H15NO6. The fourth-order valence-electron chi connectivity index (χ4n) is 2.10. The number of hydrogen-bond acceptors (Lipinski definition) is 5. The van der Waals surface area contributed by atoms with Crippen LogP contribution >= 0.6 is 0 Å². The van der Waals surface area contributed by atoms with Crippen LogP contribution in [0.1, 0.15) is 18.1 Å². The SMILES string of the molecule is Cc1c(CC(=O)N[C@@H](C)C(=O)O)c(=O)oc2cc(O)ccc12. The Morgan fingerprint density at radius 2 is 2.05 bits per heavy atom. The number of carboxylic acid groups (broad SMARTS) is 1. The van der Waals surface area contributed by atoms with E-state index in [0.717, 1.165) is 0 Å².